The highest BCUT2D eigenvalue weighted by atomic mass is 16.5. The maximum absolute atomic E-state index is 12.5. The topological polar surface area (TPSA) is 81.2 Å². The van der Waals surface area contributed by atoms with Gasteiger partial charge in [-0.2, -0.15) is 5.10 Å². The number of hydrogen-bond acceptors (Lipinski definition) is 5. The Morgan fingerprint density at radius 2 is 1.89 bits per heavy atom. The first-order valence-electron chi connectivity index (χ1n) is 9.37. The fraction of sp³-hybridized carbons (Fsp3) is 0.333. The van der Waals surface area contributed by atoms with Gasteiger partial charge in [0.1, 0.15) is 5.76 Å². The number of likely N-dealkylation sites (tertiary alicyclic amines) is 1. The molecule has 7 nitrogen and oxygen atoms in total. The molecule has 0 radical (unpaired) electrons. The number of carbonyl (C=O) groups excluding carboxylic acids is 1. The Bertz CT molecular complexity index is 1030. The Morgan fingerprint density at radius 1 is 1.14 bits per heavy atom. The van der Waals surface area contributed by atoms with Crippen molar-refractivity contribution in [3.05, 3.63) is 69.8 Å². The van der Waals surface area contributed by atoms with Crippen molar-refractivity contribution in [3.8, 4) is 11.3 Å². The molecule has 0 bridgehead atoms. The highest BCUT2D eigenvalue weighted by Gasteiger charge is 2.33. The lowest BCUT2D eigenvalue weighted by molar-refractivity contribution is -0.137. The minimum atomic E-state index is -0.146. The second-order valence-corrected chi connectivity index (χ2v) is 7.12. The molecule has 1 amide bonds. The van der Waals surface area contributed by atoms with Gasteiger partial charge in [-0.25, -0.2) is 4.68 Å². The molecule has 1 saturated heterocycles. The van der Waals surface area contributed by atoms with Crippen LogP contribution in [0.1, 0.15) is 29.5 Å². The molecule has 0 atom stereocenters. The Morgan fingerprint density at radius 3 is 2.57 bits per heavy atom. The molecule has 0 N–H and O–H groups in total. The summed E-state index contributed by atoms with van der Waals surface area (Å²) in [5.41, 5.74) is 3.40. The molecular weight excluding hydrogens is 356 g/mol. The third-order valence-electron chi connectivity index (χ3n) is 5.23. The minimum Gasteiger partial charge on any atom is -0.361 e. The van der Waals surface area contributed by atoms with E-state index in [4.69, 9.17) is 4.52 Å². The zero-order valence-corrected chi connectivity index (χ0v) is 16.0. The molecule has 0 spiro atoms. The molecule has 7 heteroatoms. The van der Waals surface area contributed by atoms with Crippen molar-refractivity contribution in [2.75, 3.05) is 13.1 Å². The summed E-state index contributed by atoms with van der Waals surface area (Å²) in [6.07, 6.45) is 1.02. The van der Waals surface area contributed by atoms with Crippen LogP contribution in [0.3, 0.4) is 0 Å². The van der Waals surface area contributed by atoms with E-state index < -0.39 is 0 Å². The SMILES string of the molecule is Cc1noc(C)c1CCC(=O)N1CC(n2nc(-c3ccccc3)ccc2=O)C1. The normalized spacial score (nSPS) is 14.1. The minimum absolute atomic E-state index is 0.0727. The molecule has 0 unspecified atom stereocenters. The average Bonchev–Trinajstić information content (AvgIpc) is 2.99. The molecule has 3 heterocycles. The van der Waals surface area contributed by atoms with Crippen molar-refractivity contribution < 1.29 is 9.32 Å². The lowest BCUT2D eigenvalue weighted by Gasteiger charge is -2.39. The number of aryl methyl sites for hydroxylation is 2. The van der Waals surface area contributed by atoms with Gasteiger partial charge < -0.3 is 9.42 Å². The van der Waals surface area contributed by atoms with Crippen LogP contribution in [-0.4, -0.2) is 38.8 Å². The molecule has 0 aliphatic carbocycles. The van der Waals surface area contributed by atoms with Crippen LogP contribution in [-0.2, 0) is 11.2 Å². The lowest BCUT2D eigenvalue weighted by atomic mass is 10.0. The number of amides is 1. The third kappa shape index (κ3) is 3.47. The van der Waals surface area contributed by atoms with Gasteiger partial charge in [-0.3, -0.25) is 9.59 Å². The van der Waals surface area contributed by atoms with E-state index in [0.717, 1.165) is 28.3 Å². The Labute approximate surface area is 162 Å². The molecular formula is C21H22N4O3. The van der Waals surface area contributed by atoms with E-state index in [0.29, 0.717) is 25.9 Å². The zero-order chi connectivity index (χ0) is 19.7. The van der Waals surface area contributed by atoms with Crippen LogP contribution in [0.2, 0.25) is 0 Å². The molecule has 144 valence electrons. The lowest BCUT2D eigenvalue weighted by Crippen LogP contribution is -2.53. The van der Waals surface area contributed by atoms with Crippen LogP contribution in [0.5, 0.6) is 0 Å². The molecule has 4 rings (SSSR count). The number of aromatic nitrogens is 3. The second-order valence-electron chi connectivity index (χ2n) is 7.12. The molecule has 28 heavy (non-hydrogen) atoms. The van der Waals surface area contributed by atoms with E-state index in [-0.39, 0.29) is 17.5 Å². The van der Waals surface area contributed by atoms with E-state index in [9.17, 15) is 9.59 Å². The van der Waals surface area contributed by atoms with Crippen LogP contribution >= 0.6 is 0 Å². The maximum atomic E-state index is 12.5. The highest BCUT2D eigenvalue weighted by molar-refractivity contribution is 5.77. The van der Waals surface area contributed by atoms with Crippen molar-refractivity contribution >= 4 is 5.91 Å². The predicted octanol–water partition coefficient (Wildman–Crippen LogP) is 2.53. The monoisotopic (exact) mass is 378 g/mol. The number of carbonyl (C=O) groups is 1. The molecule has 0 saturated carbocycles. The van der Waals surface area contributed by atoms with Crippen molar-refractivity contribution in [2.45, 2.75) is 32.7 Å². The molecule has 1 aliphatic heterocycles. The van der Waals surface area contributed by atoms with Crippen molar-refractivity contribution in [2.24, 2.45) is 0 Å². The average molecular weight is 378 g/mol. The van der Waals surface area contributed by atoms with Gasteiger partial charge in [-0.05, 0) is 26.3 Å². The zero-order valence-electron chi connectivity index (χ0n) is 16.0. The van der Waals surface area contributed by atoms with E-state index in [1.54, 1.807) is 11.0 Å². The first-order chi connectivity index (χ1) is 13.5. The van der Waals surface area contributed by atoms with Crippen LogP contribution in [0, 0.1) is 13.8 Å². The summed E-state index contributed by atoms with van der Waals surface area (Å²) in [6, 6.07) is 12.9. The van der Waals surface area contributed by atoms with Gasteiger partial charge in [0.15, 0.2) is 0 Å². The molecule has 3 aromatic rings. The Kier molecular flexibility index (Phi) is 4.81. The first kappa shape index (κ1) is 18.2. The van der Waals surface area contributed by atoms with Gasteiger partial charge in [0, 0.05) is 36.7 Å². The fourth-order valence-corrected chi connectivity index (χ4v) is 3.51. The summed E-state index contributed by atoms with van der Waals surface area (Å²) < 4.78 is 6.64. The fourth-order valence-electron chi connectivity index (χ4n) is 3.51. The molecule has 1 aliphatic rings. The van der Waals surface area contributed by atoms with Gasteiger partial charge in [-0.15, -0.1) is 0 Å². The summed E-state index contributed by atoms with van der Waals surface area (Å²) in [4.78, 5) is 26.5. The highest BCUT2D eigenvalue weighted by Crippen LogP contribution is 2.23. The standard InChI is InChI=1S/C21H22N4O3/c1-14-18(15(2)28-23-14)8-10-20(26)24-12-17(13-24)25-21(27)11-9-19(22-25)16-6-4-3-5-7-16/h3-7,9,11,17H,8,10,12-13H2,1-2H3. The van der Waals surface area contributed by atoms with Gasteiger partial charge in [0.25, 0.3) is 5.56 Å². The van der Waals surface area contributed by atoms with Crippen LogP contribution < -0.4 is 5.56 Å². The summed E-state index contributed by atoms with van der Waals surface area (Å²) in [5.74, 6) is 0.837. The van der Waals surface area contributed by atoms with Gasteiger partial charge in [-0.1, -0.05) is 35.5 Å². The van der Waals surface area contributed by atoms with Crippen molar-refractivity contribution in [3.63, 3.8) is 0 Å². The summed E-state index contributed by atoms with van der Waals surface area (Å²) in [5, 5.41) is 8.44. The summed E-state index contributed by atoms with van der Waals surface area (Å²) in [7, 11) is 0. The number of rotatable bonds is 5. The van der Waals surface area contributed by atoms with E-state index >= 15 is 0 Å². The predicted molar refractivity (Wildman–Crippen MR) is 104 cm³/mol. The van der Waals surface area contributed by atoms with E-state index in [1.807, 2.05) is 44.2 Å². The smallest absolute Gasteiger partial charge is 0.267 e. The van der Waals surface area contributed by atoms with E-state index in [2.05, 4.69) is 10.3 Å². The number of hydrogen-bond donors (Lipinski definition) is 0. The van der Waals surface area contributed by atoms with Crippen LogP contribution in [0.4, 0.5) is 0 Å². The quantitative estimate of drug-likeness (QED) is 0.681. The number of nitrogens with zero attached hydrogens (tertiary/aromatic N) is 4. The summed E-state index contributed by atoms with van der Waals surface area (Å²) >= 11 is 0. The molecule has 1 fully saturated rings. The third-order valence-corrected chi connectivity index (χ3v) is 5.23. The number of benzene rings is 1. The largest absolute Gasteiger partial charge is 0.361 e. The van der Waals surface area contributed by atoms with Crippen LogP contribution in [0.25, 0.3) is 11.3 Å². The molecule has 2 aromatic heterocycles. The van der Waals surface area contributed by atoms with Crippen molar-refractivity contribution in [1.82, 2.24) is 19.8 Å². The van der Waals surface area contributed by atoms with Gasteiger partial charge in [0.05, 0.1) is 17.4 Å². The Hall–Kier alpha value is -3.22. The first-order valence-corrected chi connectivity index (χ1v) is 9.37. The van der Waals surface area contributed by atoms with Gasteiger partial charge in [0.2, 0.25) is 5.91 Å². The van der Waals surface area contributed by atoms with Crippen molar-refractivity contribution in [1.29, 1.82) is 0 Å². The van der Waals surface area contributed by atoms with E-state index in [1.165, 1.54) is 10.7 Å². The second kappa shape index (κ2) is 7.42. The Balaban J connectivity index is 1.40. The van der Waals surface area contributed by atoms with Gasteiger partial charge >= 0.3 is 0 Å². The van der Waals surface area contributed by atoms with Crippen LogP contribution in [0.15, 0.2) is 51.8 Å². The maximum Gasteiger partial charge on any atom is 0.267 e. The summed E-state index contributed by atoms with van der Waals surface area (Å²) in [6.45, 7) is 4.75. The molecule has 1 aromatic carbocycles.